The van der Waals surface area contributed by atoms with Crippen molar-refractivity contribution in [3.63, 3.8) is 0 Å². The number of alkyl halides is 1. The van der Waals surface area contributed by atoms with Crippen LogP contribution in [0.2, 0.25) is 0 Å². The maximum absolute atomic E-state index is 12.9. The van der Waals surface area contributed by atoms with Crippen molar-refractivity contribution in [2.24, 2.45) is 0 Å². The first-order chi connectivity index (χ1) is 13.5. The lowest BCUT2D eigenvalue weighted by molar-refractivity contribution is -0.136. The number of nitrogens with zero attached hydrogens (tertiary/aromatic N) is 1. The SMILES string of the molecule is CN(C(=O)c1cccc(OCCCCCCBr)c1C=O)C1CCC(=O)NC1=O. The van der Waals surface area contributed by atoms with Crippen molar-refractivity contribution in [3.05, 3.63) is 29.3 Å². The van der Waals surface area contributed by atoms with E-state index in [0.29, 0.717) is 18.6 Å². The Balaban J connectivity index is 2.07. The highest BCUT2D eigenvalue weighted by Crippen LogP contribution is 2.24. The molecule has 0 radical (unpaired) electrons. The van der Waals surface area contributed by atoms with Gasteiger partial charge in [0.2, 0.25) is 11.8 Å². The first-order valence-electron chi connectivity index (χ1n) is 9.37. The summed E-state index contributed by atoms with van der Waals surface area (Å²) < 4.78 is 5.72. The van der Waals surface area contributed by atoms with Gasteiger partial charge in [-0.2, -0.15) is 0 Å². The molecule has 1 fully saturated rings. The third-order valence-corrected chi connectivity index (χ3v) is 5.26. The van der Waals surface area contributed by atoms with Gasteiger partial charge in [-0.25, -0.2) is 0 Å². The lowest BCUT2D eigenvalue weighted by atomic mass is 10.0. The van der Waals surface area contributed by atoms with Gasteiger partial charge in [0.1, 0.15) is 11.8 Å². The maximum Gasteiger partial charge on any atom is 0.255 e. The molecule has 152 valence electrons. The summed E-state index contributed by atoms with van der Waals surface area (Å²) in [6.07, 6.45) is 5.13. The van der Waals surface area contributed by atoms with Crippen molar-refractivity contribution in [1.29, 1.82) is 0 Å². The summed E-state index contributed by atoms with van der Waals surface area (Å²) >= 11 is 3.39. The molecular weight excluding hydrogens is 428 g/mol. The molecule has 0 bridgehead atoms. The van der Waals surface area contributed by atoms with E-state index in [1.807, 2.05) is 0 Å². The molecule has 1 aromatic rings. The van der Waals surface area contributed by atoms with Gasteiger partial charge in [-0.05, 0) is 31.4 Å². The molecule has 3 amide bonds. The Labute approximate surface area is 172 Å². The number of halogens is 1. The van der Waals surface area contributed by atoms with Crippen LogP contribution in [-0.4, -0.2) is 53.9 Å². The quantitative estimate of drug-likeness (QED) is 0.255. The molecule has 1 aliphatic rings. The minimum Gasteiger partial charge on any atom is -0.493 e. The smallest absolute Gasteiger partial charge is 0.255 e. The van der Waals surface area contributed by atoms with Crippen LogP contribution in [0, 0.1) is 0 Å². The summed E-state index contributed by atoms with van der Waals surface area (Å²) in [5.41, 5.74) is 0.353. The zero-order valence-corrected chi connectivity index (χ0v) is 17.5. The average molecular weight is 453 g/mol. The molecule has 2 rings (SSSR count). The van der Waals surface area contributed by atoms with Crippen LogP contribution in [0.25, 0.3) is 0 Å². The van der Waals surface area contributed by atoms with Gasteiger partial charge in [-0.1, -0.05) is 34.8 Å². The van der Waals surface area contributed by atoms with Crippen LogP contribution >= 0.6 is 15.9 Å². The monoisotopic (exact) mass is 452 g/mol. The number of hydrogen-bond donors (Lipinski definition) is 1. The highest BCUT2D eigenvalue weighted by atomic mass is 79.9. The summed E-state index contributed by atoms with van der Waals surface area (Å²) in [7, 11) is 1.49. The number of aldehydes is 1. The van der Waals surface area contributed by atoms with Crippen molar-refractivity contribution in [2.45, 2.75) is 44.6 Å². The molecule has 7 nitrogen and oxygen atoms in total. The molecule has 0 aliphatic carbocycles. The van der Waals surface area contributed by atoms with E-state index < -0.39 is 17.9 Å². The number of amides is 3. The molecule has 1 saturated heterocycles. The molecule has 1 aromatic carbocycles. The highest BCUT2D eigenvalue weighted by molar-refractivity contribution is 9.09. The molecule has 1 unspecified atom stereocenters. The third kappa shape index (κ3) is 5.64. The van der Waals surface area contributed by atoms with Gasteiger partial charge in [0.25, 0.3) is 5.91 Å². The Morgan fingerprint density at radius 1 is 1.29 bits per heavy atom. The zero-order valence-electron chi connectivity index (χ0n) is 15.9. The number of likely N-dealkylation sites (N-methyl/N-ethyl adjacent to an activating group) is 1. The fourth-order valence-electron chi connectivity index (χ4n) is 3.09. The number of ether oxygens (including phenoxy) is 1. The van der Waals surface area contributed by atoms with Crippen LogP contribution in [0.5, 0.6) is 5.75 Å². The summed E-state index contributed by atoms with van der Waals surface area (Å²) in [5, 5.41) is 3.22. The average Bonchev–Trinajstić information content (AvgIpc) is 2.69. The topological polar surface area (TPSA) is 92.8 Å². The minimum absolute atomic E-state index is 0.173. The van der Waals surface area contributed by atoms with E-state index in [4.69, 9.17) is 4.74 Å². The van der Waals surface area contributed by atoms with Crippen LogP contribution < -0.4 is 10.1 Å². The first kappa shape index (κ1) is 22.1. The minimum atomic E-state index is -0.747. The molecule has 1 aliphatic heterocycles. The number of imide groups is 1. The van der Waals surface area contributed by atoms with Crippen molar-refractivity contribution < 1.29 is 23.9 Å². The maximum atomic E-state index is 12.9. The van der Waals surface area contributed by atoms with E-state index >= 15 is 0 Å². The van der Waals surface area contributed by atoms with Crippen LogP contribution in [0.15, 0.2) is 18.2 Å². The van der Waals surface area contributed by atoms with Crippen LogP contribution in [0.3, 0.4) is 0 Å². The number of carbonyl (C=O) groups is 4. The molecule has 1 heterocycles. The molecule has 0 saturated carbocycles. The summed E-state index contributed by atoms with van der Waals surface area (Å²) in [6, 6.07) is 4.10. The van der Waals surface area contributed by atoms with Gasteiger partial charge < -0.3 is 9.64 Å². The lowest BCUT2D eigenvalue weighted by Gasteiger charge is -2.30. The van der Waals surface area contributed by atoms with E-state index in [1.165, 1.54) is 18.0 Å². The summed E-state index contributed by atoms with van der Waals surface area (Å²) in [4.78, 5) is 49.2. The first-order valence-corrected chi connectivity index (χ1v) is 10.5. The summed E-state index contributed by atoms with van der Waals surface area (Å²) in [6.45, 7) is 0.462. The zero-order chi connectivity index (χ0) is 20.5. The second-order valence-corrected chi connectivity index (χ2v) is 7.46. The number of piperidine rings is 1. The Morgan fingerprint density at radius 2 is 2.04 bits per heavy atom. The van der Waals surface area contributed by atoms with Crippen LogP contribution in [-0.2, 0) is 9.59 Å². The molecule has 1 atom stereocenters. The Kier molecular flexibility index (Phi) is 8.63. The van der Waals surface area contributed by atoms with Crippen LogP contribution in [0.4, 0.5) is 0 Å². The number of rotatable bonds is 10. The second-order valence-electron chi connectivity index (χ2n) is 6.67. The van der Waals surface area contributed by atoms with Crippen molar-refractivity contribution >= 4 is 39.9 Å². The van der Waals surface area contributed by atoms with Gasteiger partial charge in [0, 0.05) is 18.8 Å². The largest absolute Gasteiger partial charge is 0.493 e. The van der Waals surface area contributed by atoms with E-state index in [9.17, 15) is 19.2 Å². The van der Waals surface area contributed by atoms with Crippen molar-refractivity contribution in [1.82, 2.24) is 10.2 Å². The number of nitrogens with one attached hydrogen (secondary N) is 1. The standard InChI is InChI=1S/C20H25BrN2O5/c1-23(16-9-10-18(25)22-19(16)26)20(27)14-7-6-8-17(15(14)13-24)28-12-5-3-2-4-11-21/h6-8,13,16H,2-5,9-12H2,1H3,(H,22,25,26). The number of hydrogen-bond acceptors (Lipinski definition) is 5. The second kappa shape index (κ2) is 10.9. The molecular formula is C20H25BrN2O5. The Bertz CT molecular complexity index is 737. The fourth-order valence-corrected chi connectivity index (χ4v) is 3.49. The fraction of sp³-hybridized carbons (Fsp3) is 0.500. The lowest BCUT2D eigenvalue weighted by Crippen LogP contribution is -2.53. The van der Waals surface area contributed by atoms with Gasteiger partial charge in [-0.3, -0.25) is 24.5 Å². The highest BCUT2D eigenvalue weighted by Gasteiger charge is 2.33. The van der Waals surface area contributed by atoms with Gasteiger partial charge in [0.05, 0.1) is 17.7 Å². The predicted molar refractivity (Wildman–Crippen MR) is 108 cm³/mol. The summed E-state index contributed by atoms with van der Waals surface area (Å²) in [5.74, 6) is -0.949. The van der Waals surface area contributed by atoms with Gasteiger partial charge >= 0.3 is 0 Å². The van der Waals surface area contributed by atoms with E-state index in [2.05, 4.69) is 21.2 Å². The Morgan fingerprint density at radius 3 is 2.71 bits per heavy atom. The van der Waals surface area contributed by atoms with E-state index in [0.717, 1.165) is 31.0 Å². The normalized spacial score (nSPS) is 16.4. The third-order valence-electron chi connectivity index (χ3n) is 4.70. The molecule has 28 heavy (non-hydrogen) atoms. The predicted octanol–water partition coefficient (Wildman–Crippen LogP) is 2.71. The van der Waals surface area contributed by atoms with Gasteiger partial charge in [-0.15, -0.1) is 0 Å². The number of benzene rings is 1. The molecule has 0 aromatic heterocycles. The molecule has 8 heteroatoms. The van der Waals surface area contributed by atoms with Gasteiger partial charge in [0.15, 0.2) is 6.29 Å². The van der Waals surface area contributed by atoms with Crippen molar-refractivity contribution in [2.75, 3.05) is 19.0 Å². The van der Waals surface area contributed by atoms with E-state index in [-0.39, 0.29) is 29.9 Å². The van der Waals surface area contributed by atoms with Crippen molar-refractivity contribution in [3.8, 4) is 5.75 Å². The number of unbranched alkanes of at least 4 members (excludes halogenated alkanes) is 3. The Hall–Kier alpha value is -2.22. The van der Waals surface area contributed by atoms with E-state index in [1.54, 1.807) is 12.1 Å². The molecule has 1 N–H and O–H groups in total. The van der Waals surface area contributed by atoms with Crippen LogP contribution in [0.1, 0.15) is 59.2 Å². The number of carbonyl (C=O) groups excluding carboxylic acids is 4. The molecule has 0 spiro atoms.